The van der Waals surface area contributed by atoms with Gasteiger partial charge in [-0.2, -0.15) is 0 Å². The third-order valence-electron chi connectivity index (χ3n) is 2.85. The predicted octanol–water partition coefficient (Wildman–Crippen LogP) is 0.286. The number of ether oxygens (including phenoxy) is 1. The molecule has 1 aliphatic rings. The van der Waals surface area contributed by atoms with E-state index in [0.717, 1.165) is 0 Å². The summed E-state index contributed by atoms with van der Waals surface area (Å²) in [4.78, 5) is 17.3. The van der Waals surface area contributed by atoms with Gasteiger partial charge in [0.2, 0.25) is 0 Å². The van der Waals surface area contributed by atoms with Crippen molar-refractivity contribution in [1.29, 1.82) is 0 Å². The Bertz CT molecular complexity index is 450. The van der Waals surface area contributed by atoms with Crippen LogP contribution in [-0.2, 0) is 4.74 Å². The summed E-state index contributed by atoms with van der Waals surface area (Å²) in [6.45, 7) is 3.38. The zero-order chi connectivity index (χ0) is 13.1. The van der Waals surface area contributed by atoms with Gasteiger partial charge >= 0.3 is 5.97 Å². The Hall–Kier alpha value is -1.66. The molecule has 0 saturated carbocycles. The van der Waals surface area contributed by atoms with Crippen LogP contribution >= 0.6 is 0 Å². The first-order chi connectivity index (χ1) is 8.60. The van der Waals surface area contributed by atoms with Crippen molar-refractivity contribution in [2.45, 2.75) is 13.0 Å². The number of aryl methyl sites for hydroxylation is 1. The molecular weight excluding hydrogens is 236 g/mol. The quantitative estimate of drug-likeness (QED) is 0.804. The Labute approximate surface area is 105 Å². The Kier molecular flexibility index (Phi) is 3.78. The second-order valence-corrected chi connectivity index (χ2v) is 4.28. The predicted molar refractivity (Wildman–Crippen MR) is 65.0 cm³/mol. The van der Waals surface area contributed by atoms with Crippen LogP contribution in [0.15, 0.2) is 12.1 Å². The zero-order valence-corrected chi connectivity index (χ0v) is 10.2. The lowest BCUT2D eigenvalue weighted by molar-refractivity contribution is 0.00335. The molecule has 2 heterocycles. The maximum absolute atomic E-state index is 11.0. The minimum absolute atomic E-state index is 0.0475. The summed E-state index contributed by atoms with van der Waals surface area (Å²) < 4.78 is 5.35. The van der Waals surface area contributed by atoms with Gasteiger partial charge in [-0.25, -0.2) is 9.78 Å². The first-order valence-electron chi connectivity index (χ1n) is 5.79. The number of aliphatic hydroxyl groups excluding tert-OH is 1. The van der Waals surface area contributed by atoms with Crippen molar-refractivity contribution >= 4 is 11.8 Å². The van der Waals surface area contributed by atoms with Crippen molar-refractivity contribution < 1.29 is 19.7 Å². The van der Waals surface area contributed by atoms with Crippen molar-refractivity contribution in [2.24, 2.45) is 0 Å². The summed E-state index contributed by atoms with van der Waals surface area (Å²) in [7, 11) is 0. The van der Waals surface area contributed by atoms with Gasteiger partial charge in [-0.1, -0.05) is 0 Å². The number of carboxylic acid groups (broad SMARTS) is 1. The van der Waals surface area contributed by atoms with E-state index in [0.29, 0.717) is 31.2 Å². The first-order valence-corrected chi connectivity index (χ1v) is 5.79. The fourth-order valence-corrected chi connectivity index (χ4v) is 1.97. The van der Waals surface area contributed by atoms with Crippen LogP contribution in [0, 0.1) is 6.92 Å². The Balaban J connectivity index is 2.24. The number of pyridine rings is 1. The summed E-state index contributed by atoms with van der Waals surface area (Å²) in [6, 6.07) is 3.09. The lowest BCUT2D eigenvalue weighted by atomic mass is 10.2. The van der Waals surface area contributed by atoms with E-state index in [1.54, 1.807) is 13.0 Å². The summed E-state index contributed by atoms with van der Waals surface area (Å²) >= 11 is 0. The van der Waals surface area contributed by atoms with E-state index in [2.05, 4.69) is 4.98 Å². The summed E-state index contributed by atoms with van der Waals surface area (Å²) in [5.74, 6) is -0.345. The second-order valence-electron chi connectivity index (χ2n) is 4.28. The minimum Gasteiger partial charge on any atom is -0.478 e. The largest absolute Gasteiger partial charge is 0.478 e. The second kappa shape index (κ2) is 5.32. The molecule has 6 nitrogen and oxygen atoms in total. The van der Waals surface area contributed by atoms with Crippen LogP contribution in [0.25, 0.3) is 0 Å². The maximum Gasteiger partial charge on any atom is 0.335 e. The number of nitrogens with zero attached hydrogens (tertiary/aromatic N) is 2. The van der Waals surface area contributed by atoms with Gasteiger partial charge in [0.05, 0.1) is 24.9 Å². The Morgan fingerprint density at radius 2 is 2.39 bits per heavy atom. The third-order valence-corrected chi connectivity index (χ3v) is 2.85. The van der Waals surface area contributed by atoms with Crippen LogP contribution in [0.2, 0.25) is 0 Å². The van der Waals surface area contributed by atoms with Crippen LogP contribution in [-0.4, -0.2) is 53.6 Å². The molecule has 1 aliphatic heterocycles. The van der Waals surface area contributed by atoms with Gasteiger partial charge in [0.1, 0.15) is 5.82 Å². The molecule has 18 heavy (non-hydrogen) atoms. The first kappa shape index (κ1) is 12.8. The molecule has 2 rings (SSSR count). The highest BCUT2D eigenvalue weighted by atomic mass is 16.5. The molecule has 2 N–H and O–H groups in total. The van der Waals surface area contributed by atoms with Crippen molar-refractivity contribution in [3.05, 3.63) is 23.4 Å². The average molecular weight is 252 g/mol. The van der Waals surface area contributed by atoms with Gasteiger partial charge in [-0.15, -0.1) is 0 Å². The molecule has 6 heteroatoms. The number of hydrogen-bond donors (Lipinski definition) is 2. The molecule has 1 atom stereocenters. The Morgan fingerprint density at radius 1 is 1.61 bits per heavy atom. The van der Waals surface area contributed by atoms with Crippen molar-refractivity contribution in [3.63, 3.8) is 0 Å². The maximum atomic E-state index is 11.0. The fraction of sp³-hybridized carbons (Fsp3) is 0.500. The highest BCUT2D eigenvalue weighted by Gasteiger charge is 2.21. The number of aliphatic hydroxyl groups is 1. The molecule has 1 aromatic rings. The van der Waals surface area contributed by atoms with Crippen molar-refractivity contribution in [2.75, 3.05) is 31.2 Å². The Morgan fingerprint density at radius 3 is 3.06 bits per heavy atom. The molecule has 0 radical (unpaired) electrons. The smallest absolute Gasteiger partial charge is 0.335 e. The molecule has 0 spiro atoms. The van der Waals surface area contributed by atoms with Crippen LogP contribution in [0.1, 0.15) is 16.1 Å². The molecular formula is C12H16N2O4. The molecule has 0 amide bonds. The third kappa shape index (κ3) is 2.77. The van der Waals surface area contributed by atoms with Crippen LogP contribution in [0.3, 0.4) is 0 Å². The van der Waals surface area contributed by atoms with Gasteiger partial charge in [0.25, 0.3) is 0 Å². The average Bonchev–Trinajstić information content (AvgIpc) is 2.38. The topological polar surface area (TPSA) is 82.9 Å². The lowest BCUT2D eigenvalue weighted by Gasteiger charge is -2.33. The fourth-order valence-electron chi connectivity index (χ4n) is 1.97. The number of morpholine rings is 1. The van der Waals surface area contributed by atoms with Crippen LogP contribution in [0.4, 0.5) is 5.82 Å². The monoisotopic (exact) mass is 252 g/mol. The molecule has 0 bridgehead atoms. The number of aromatic carboxylic acids is 1. The lowest BCUT2D eigenvalue weighted by Crippen LogP contribution is -2.44. The summed E-state index contributed by atoms with van der Waals surface area (Å²) in [6.07, 6.45) is -0.241. The van der Waals surface area contributed by atoms with E-state index in [-0.39, 0.29) is 18.3 Å². The zero-order valence-electron chi connectivity index (χ0n) is 10.2. The van der Waals surface area contributed by atoms with E-state index < -0.39 is 5.97 Å². The molecule has 1 saturated heterocycles. The molecule has 1 aromatic heterocycles. The van der Waals surface area contributed by atoms with Gasteiger partial charge < -0.3 is 19.8 Å². The number of anilines is 1. The number of carbonyl (C=O) groups is 1. The number of aromatic nitrogens is 1. The van der Waals surface area contributed by atoms with E-state index >= 15 is 0 Å². The van der Waals surface area contributed by atoms with E-state index in [9.17, 15) is 4.79 Å². The van der Waals surface area contributed by atoms with E-state index in [1.807, 2.05) is 4.90 Å². The SMILES string of the molecule is Cc1cc(C(=O)O)cc(N2CCOC(CO)C2)n1. The minimum atomic E-state index is -0.964. The number of hydrogen-bond acceptors (Lipinski definition) is 5. The molecule has 0 aromatic carbocycles. The summed E-state index contributed by atoms with van der Waals surface area (Å²) in [5, 5.41) is 18.1. The van der Waals surface area contributed by atoms with Gasteiger partial charge in [0.15, 0.2) is 0 Å². The van der Waals surface area contributed by atoms with Crippen molar-refractivity contribution in [1.82, 2.24) is 4.98 Å². The van der Waals surface area contributed by atoms with E-state index in [1.165, 1.54) is 6.07 Å². The van der Waals surface area contributed by atoms with Gasteiger partial charge in [0, 0.05) is 18.8 Å². The molecule has 1 unspecified atom stereocenters. The van der Waals surface area contributed by atoms with Gasteiger partial charge in [-0.05, 0) is 19.1 Å². The van der Waals surface area contributed by atoms with Crippen LogP contribution < -0.4 is 4.90 Å². The molecule has 0 aliphatic carbocycles. The normalized spacial score (nSPS) is 19.9. The number of rotatable bonds is 3. The van der Waals surface area contributed by atoms with E-state index in [4.69, 9.17) is 14.9 Å². The van der Waals surface area contributed by atoms with Gasteiger partial charge in [-0.3, -0.25) is 0 Å². The number of carboxylic acids is 1. The van der Waals surface area contributed by atoms with Crippen molar-refractivity contribution in [3.8, 4) is 0 Å². The van der Waals surface area contributed by atoms with Crippen LogP contribution in [0.5, 0.6) is 0 Å². The highest BCUT2D eigenvalue weighted by Crippen LogP contribution is 2.18. The molecule has 98 valence electrons. The highest BCUT2D eigenvalue weighted by molar-refractivity contribution is 5.88. The summed E-state index contributed by atoms with van der Waals surface area (Å²) in [5.41, 5.74) is 0.890. The standard InChI is InChI=1S/C12H16N2O4/c1-8-4-9(12(16)17)5-11(13-8)14-2-3-18-10(6-14)7-15/h4-5,10,15H,2-3,6-7H2,1H3,(H,16,17). The molecule has 1 fully saturated rings.